The summed E-state index contributed by atoms with van der Waals surface area (Å²) in [4.78, 5) is 0. The second kappa shape index (κ2) is 5.86. The van der Waals surface area contributed by atoms with Crippen LogP contribution in [0.1, 0.15) is 25.3 Å². The third kappa shape index (κ3) is 3.83. The molecule has 1 aromatic rings. The number of benzene rings is 1. The number of hydrogen-bond acceptors (Lipinski definition) is 3. The predicted octanol–water partition coefficient (Wildman–Crippen LogP) is 1.72. The molecule has 5 heteroatoms. The van der Waals surface area contributed by atoms with Gasteiger partial charge in [-0.05, 0) is 12.5 Å². The number of unbranched alkanes of at least 4 members (excludes halogenated alkanes) is 1. The van der Waals surface area contributed by atoms with Gasteiger partial charge in [-0.25, -0.2) is 8.42 Å². The molecule has 0 unspecified atom stereocenters. The van der Waals surface area contributed by atoms with Gasteiger partial charge in [-0.15, -0.1) is 0 Å². The monoisotopic (exact) mass is 243 g/mol. The second-order valence-electron chi connectivity index (χ2n) is 3.59. The Morgan fingerprint density at radius 2 is 2.00 bits per heavy atom. The van der Waals surface area contributed by atoms with Gasteiger partial charge >= 0.3 is 0 Å². The zero-order valence-corrected chi connectivity index (χ0v) is 10.1. The Balaban J connectivity index is 2.79. The van der Waals surface area contributed by atoms with Crippen LogP contribution in [0.2, 0.25) is 0 Å². The van der Waals surface area contributed by atoms with Crippen LogP contribution in [0.5, 0.6) is 0 Å². The minimum atomic E-state index is -3.29. The molecule has 2 N–H and O–H groups in total. The molecule has 0 bridgehead atoms. The Hall–Kier alpha value is -1.07. The fourth-order valence-corrected chi connectivity index (χ4v) is 2.62. The normalized spacial score (nSPS) is 11.4. The third-order valence-corrected chi connectivity index (χ3v) is 3.58. The Bertz CT molecular complexity index is 429. The average Bonchev–Trinajstić information content (AvgIpc) is 2.27. The van der Waals surface area contributed by atoms with Gasteiger partial charge in [-0.2, -0.15) is 0 Å². The van der Waals surface area contributed by atoms with Crippen LogP contribution >= 0.6 is 0 Å². The number of para-hydroxylation sites is 1. The van der Waals surface area contributed by atoms with E-state index in [2.05, 4.69) is 4.72 Å². The molecule has 0 amide bonds. The number of anilines is 1. The second-order valence-corrected chi connectivity index (χ2v) is 5.43. The molecule has 0 saturated carbocycles. The van der Waals surface area contributed by atoms with Crippen molar-refractivity contribution in [2.24, 2.45) is 0 Å². The van der Waals surface area contributed by atoms with Crippen molar-refractivity contribution in [1.29, 1.82) is 0 Å². The summed E-state index contributed by atoms with van der Waals surface area (Å²) in [6, 6.07) is 6.83. The van der Waals surface area contributed by atoms with Crippen molar-refractivity contribution in [2.75, 3.05) is 10.5 Å². The summed E-state index contributed by atoms with van der Waals surface area (Å²) in [6.45, 7) is 1.77. The van der Waals surface area contributed by atoms with Gasteiger partial charge in [0.1, 0.15) is 0 Å². The summed E-state index contributed by atoms with van der Waals surface area (Å²) in [5, 5.41) is 9.06. The molecule has 0 atom stereocenters. The quantitative estimate of drug-likeness (QED) is 0.799. The van der Waals surface area contributed by atoms with Crippen LogP contribution in [0, 0.1) is 0 Å². The number of nitrogens with one attached hydrogen (secondary N) is 1. The largest absolute Gasteiger partial charge is 0.392 e. The van der Waals surface area contributed by atoms with Crippen LogP contribution in [0.4, 0.5) is 5.69 Å². The molecule has 1 aromatic carbocycles. The highest BCUT2D eigenvalue weighted by molar-refractivity contribution is 7.92. The van der Waals surface area contributed by atoms with Gasteiger partial charge in [0, 0.05) is 5.56 Å². The molecule has 0 spiro atoms. The van der Waals surface area contributed by atoms with Gasteiger partial charge in [0.2, 0.25) is 10.0 Å². The summed E-state index contributed by atoms with van der Waals surface area (Å²) in [6.07, 6.45) is 1.47. The zero-order valence-electron chi connectivity index (χ0n) is 9.31. The lowest BCUT2D eigenvalue weighted by molar-refractivity contribution is 0.282. The Labute approximate surface area is 96.4 Å². The fraction of sp³-hybridized carbons (Fsp3) is 0.455. The van der Waals surface area contributed by atoms with E-state index in [9.17, 15) is 8.42 Å². The standard InChI is InChI=1S/C11H17NO3S/c1-2-3-8-16(14,15)12-11-7-5-4-6-10(11)9-13/h4-7,12-13H,2-3,8-9H2,1H3. The van der Waals surface area contributed by atoms with Gasteiger partial charge in [-0.1, -0.05) is 31.5 Å². The highest BCUT2D eigenvalue weighted by atomic mass is 32.2. The van der Waals surface area contributed by atoms with Gasteiger partial charge in [0.05, 0.1) is 18.0 Å². The number of aliphatic hydroxyl groups is 1. The number of hydrogen-bond donors (Lipinski definition) is 2. The SMILES string of the molecule is CCCCS(=O)(=O)Nc1ccccc1CO. The molecule has 1 rings (SSSR count). The van der Waals surface area contributed by atoms with E-state index in [1.54, 1.807) is 24.3 Å². The number of aliphatic hydroxyl groups excluding tert-OH is 1. The molecule has 0 aliphatic rings. The highest BCUT2D eigenvalue weighted by Crippen LogP contribution is 2.16. The minimum absolute atomic E-state index is 0.114. The third-order valence-electron chi connectivity index (χ3n) is 2.22. The topological polar surface area (TPSA) is 66.4 Å². The molecule has 4 nitrogen and oxygen atoms in total. The van der Waals surface area contributed by atoms with Gasteiger partial charge < -0.3 is 5.11 Å². The Morgan fingerprint density at radius 3 is 2.62 bits per heavy atom. The molecule has 0 saturated heterocycles. The van der Waals surface area contributed by atoms with Gasteiger partial charge in [0.25, 0.3) is 0 Å². The van der Waals surface area contributed by atoms with Crippen LogP contribution in [-0.4, -0.2) is 19.3 Å². The molecular formula is C11H17NO3S. The lowest BCUT2D eigenvalue weighted by Crippen LogP contribution is -2.17. The van der Waals surface area contributed by atoms with Crippen molar-refractivity contribution in [3.8, 4) is 0 Å². The van der Waals surface area contributed by atoms with Crippen LogP contribution in [0.15, 0.2) is 24.3 Å². The summed E-state index contributed by atoms with van der Waals surface area (Å²) >= 11 is 0. The van der Waals surface area contributed by atoms with Crippen LogP contribution in [0.3, 0.4) is 0 Å². The molecule has 0 aliphatic carbocycles. The lowest BCUT2D eigenvalue weighted by Gasteiger charge is -2.10. The first kappa shape index (κ1) is 13.0. The van der Waals surface area contributed by atoms with Crippen molar-refractivity contribution in [2.45, 2.75) is 26.4 Å². The van der Waals surface area contributed by atoms with E-state index >= 15 is 0 Å². The van der Waals surface area contributed by atoms with Crippen LogP contribution in [0.25, 0.3) is 0 Å². The van der Waals surface area contributed by atoms with E-state index < -0.39 is 10.0 Å². The molecule has 0 aliphatic heterocycles. The summed E-state index contributed by atoms with van der Waals surface area (Å²) in [5.41, 5.74) is 1.05. The van der Waals surface area contributed by atoms with E-state index in [1.807, 2.05) is 6.92 Å². The summed E-state index contributed by atoms with van der Waals surface area (Å²) in [5.74, 6) is 0.114. The van der Waals surface area contributed by atoms with Crippen molar-refractivity contribution in [3.63, 3.8) is 0 Å². The first-order chi connectivity index (χ1) is 7.59. The van der Waals surface area contributed by atoms with Crippen molar-refractivity contribution in [3.05, 3.63) is 29.8 Å². The summed E-state index contributed by atoms with van der Waals surface area (Å²) < 4.78 is 25.8. The maximum Gasteiger partial charge on any atom is 0.232 e. The van der Waals surface area contributed by atoms with Gasteiger partial charge in [-0.3, -0.25) is 4.72 Å². The van der Waals surface area contributed by atoms with Crippen LogP contribution in [-0.2, 0) is 16.6 Å². The number of sulfonamides is 1. The van der Waals surface area contributed by atoms with E-state index in [0.717, 1.165) is 6.42 Å². The number of rotatable bonds is 6. The highest BCUT2D eigenvalue weighted by Gasteiger charge is 2.11. The first-order valence-corrected chi connectivity index (χ1v) is 6.93. The van der Waals surface area contributed by atoms with Crippen molar-refractivity contribution >= 4 is 15.7 Å². The van der Waals surface area contributed by atoms with E-state index in [1.165, 1.54) is 0 Å². The molecule has 0 fully saturated rings. The molecular weight excluding hydrogens is 226 g/mol. The molecule has 16 heavy (non-hydrogen) atoms. The van der Waals surface area contributed by atoms with E-state index in [4.69, 9.17) is 5.11 Å². The first-order valence-electron chi connectivity index (χ1n) is 5.28. The smallest absolute Gasteiger partial charge is 0.232 e. The molecule has 0 heterocycles. The molecule has 0 aromatic heterocycles. The average molecular weight is 243 g/mol. The van der Waals surface area contributed by atoms with Crippen LogP contribution < -0.4 is 4.72 Å². The maximum atomic E-state index is 11.6. The Morgan fingerprint density at radius 1 is 1.31 bits per heavy atom. The summed E-state index contributed by atoms with van der Waals surface area (Å²) in [7, 11) is -3.29. The predicted molar refractivity (Wildman–Crippen MR) is 64.7 cm³/mol. The molecule has 0 radical (unpaired) electrons. The van der Waals surface area contributed by atoms with E-state index in [-0.39, 0.29) is 12.4 Å². The Kier molecular flexibility index (Phi) is 4.76. The van der Waals surface area contributed by atoms with E-state index in [0.29, 0.717) is 17.7 Å². The minimum Gasteiger partial charge on any atom is -0.392 e. The maximum absolute atomic E-state index is 11.6. The molecule has 90 valence electrons. The van der Waals surface area contributed by atoms with Gasteiger partial charge in [0.15, 0.2) is 0 Å². The lowest BCUT2D eigenvalue weighted by atomic mass is 10.2. The fourth-order valence-electron chi connectivity index (χ4n) is 1.31. The zero-order chi connectivity index (χ0) is 12.0. The van der Waals surface area contributed by atoms with Crippen molar-refractivity contribution < 1.29 is 13.5 Å². The van der Waals surface area contributed by atoms with Crippen molar-refractivity contribution in [1.82, 2.24) is 0 Å².